The van der Waals surface area contributed by atoms with Crippen LogP contribution in [0.15, 0.2) is 24.3 Å². The lowest BCUT2D eigenvalue weighted by Gasteiger charge is -2.11. The lowest BCUT2D eigenvalue weighted by molar-refractivity contribution is -0.123. The van der Waals surface area contributed by atoms with Gasteiger partial charge in [0.2, 0.25) is 5.91 Å². The zero-order valence-corrected chi connectivity index (χ0v) is 10.5. The number of nitriles is 1. The molecule has 0 saturated heterocycles. The number of anilines is 1. The normalized spacial score (nSPS) is 11.6. The second-order valence-electron chi connectivity index (χ2n) is 3.82. The summed E-state index contributed by atoms with van der Waals surface area (Å²) in [5, 5.41) is 11.4. The summed E-state index contributed by atoms with van der Waals surface area (Å²) < 4.78 is 10.2. The number of hydrogen-bond donors (Lipinski definition) is 1. The lowest BCUT2D eigenvalue weighted by Crippen LogP contribution is -2.24. The zero-order chi connectivity index (χ0) is 13.4. The molecule has 0 radical (unpaired) electrons. The van der Waals surface area contributed by atoms with Crippen molar-refractivity contribution in [3.8, 4) is 6.07 Å². The topological polar surface area (TPSA) is 71.3 Å². The predicted octanol–water partition coefficient (Wildman–Crippen LogP) is 1.55. The van der Waals surface area contributed by atoms with Crippen molar-refractivity contribution in [1.82, 2.24) is 0 Å². The number of nitrogens with one attached hydrogen (secondary N) is 1. The molecule has 0 spiro atoms. The average Bonchev–Trinajstić information content (AvgIpc) is 2.37. The number of methoxy groups -OCH3 is 1. The molecule has 1 N–H and O–H groups in total. The van der Waals surface area contributed by atoms with E-state index in [-0.39, 0.29) is 18.6 Å². The maximum Gasteiger partial charge on any atom is 0.250 e. The molecular formula is C13H16N2O3. The van der Waals surface area contributed by atoms with Crippen LogP contribution in [0.1, 0.15) is 12.5 Å². The summed E-state index contributed by atoms with van der Waals surface area (Å²) in [6, 6.07) is 8.72. The molecule has 0 heterocycles. The minimum atomic E-state index is -0.256. The van der Waals surface area contributed by atoms with E-state index in [1.165, 1.54) is 0 Å². The van der Waals surface area contributed by atoms with Crippen molar-refractivity contribution in [2.24, 2.45) is 0 Å². The fourth-order valence-electron chi connectivity index (χ4n) is 1.36. The Balaban J connectivity index is 2.42. The van der Waals surface area contributed by atoms with Gasteiger partial charge in [-0.2, -0.15) is 5.26 Å². The SMILES string of the molecule is COCC(C)OCC(=O)Nc1cccc(C#N)c1. The summed E-state index contributed by atoms with van der Waals surface area (Å²) in [7, 11) is 1.58. The molecule has 18 heavy (non-hydrogen) atoms. The van der Waals surface area contributed by atoms with Crippen molar-refractivity contribution in [2.75, 3.05) is 25.6 Å². The highest BCUT2D eigenvalue weighted by molar-refractivity contribution is 5.91. The Labute approximate surface area is 106 Å². The van der Waals surface area contributed by atoms with Crippen molar-refractivity contribution >= 4 is 11.6 Å². The highest BCUT2D eigenvalue weighted by atomic mass is 16.5. The van der Waals surface area contributed by atoms with Gasteiger partial charge in [0.1, 0.15) is 6.61 Å². The molecule has 0 saturated carbocycles. The Morgan fingerprint density at radius 3 is 3.00 bits per heavy atom. The molecule has 1 amide bonds. The second-order valence-corrected chi connectivity index (χ2v) is 3.82. The van der Waals surface area contributed by atoms with Crippen LogP contribution < -0.4 is 5.32 Å². The summed E-state index contributed by atoms with van der Waals surface area (Å²) in [4.78, 5) is 11.6. The third-order valence-corrected chi connectivity index (χ3v) is 2.18. The molecular weight excluding hydrogens is 232 g/mol. The molecule has 5 nitrogen and oxygen atoms in total. The van der Waals surface area contributed by atoms with Gasteiger partial charge in [-0.1, -0.05) is 6.07 Å². The van der Waals surface area contributed by atoms with Gasteiger partial charge in [-0.05, 0) is 25.1 Å². The van der Waals surface area contributed by atoms with Crippen LogP contribution in [0.25, 0.3) is 0 Å². The largest absolute Gasteiger partial charge is 0.382 e. The third kappa shape index (κ3) is 4.95. The molecule has 0 aromatic heterocycles. The third-order valence-electron chi connectivity index (χ3n) is 2.18. The maximum atomic E-state index is 11.6. The van der Waals surface area contributed by atoms with Crippen LogP contribution in [-0.4, -0.2) is 32.3 Å². The molecule has 96 valence electrons. The van der Waals surface area contributed by atoms with Crippen molar-refractivity contribution < 1.29 is 14.3 Å². The number of amides is 1. The molecule has 1 aromatic carbocycles. The van der Waals surface area contributed by atoms with E-state index in [0.29, 0.717) is 17.9 Å². The maximum absolute atomic E-state index is 11.6. The second kappa shape index (κ2) is 7.43. The highest BCUT2D eigenvalue weighted by Crippen LogP contribution is 2.09. The van der Waals surface area contributed by atoms with Crippen LogP contribution in [0.4, 0.5) is 5.69 Å². The van der Waals surface area contributed by atoms with E-state index in [4.69, 9.17) is 14.7 Å². The summed E-state index contributed by atoms with van der Waals surface area (Å²) in [6.07, 6.45) is -0.133. The number of rotatable bonds is 6. The summed E-state index contributed by atoms with van der Waals surface area (Å²) in [5.74, 6) is -0.256. The number of hydrogen-bond acceptors (Lipinski definition) is 4. The number of ether oxygens (including phenoxy) is 2. The first-order chi connectivity index (χ1) is 8.65. The van der Waals surface area contributed by atoms with Crippen molar-refractivity contribution in [1.29, 1.82) is 5.26 Å². The van der Waals surface area contributed by atoms with Gasteiger partial charge in [0.05, 0.1) is 24.3 Å². The van der Waals surface area contributed by atoms with E-state index < -0.39 is 0 Å². The zero-order valence-electron chi connectivity index (χ0n) is 10.5. The highest BCUT2D eigenvalue weighted by Gasteiger charge is 2.07. The first-order valence-electron chi connectivity index (χ1n) is 5.56. The van der Waals surface area contributed by atoms with E-state index in [0.717, 1.165) is 0 Å². The van der Waals surface area contributed by atoms with Gasteiger partial charge in [-0.15, -0.1) is 0 Å². The fraction of sp³-hybridized carbons (Fsp3) is 0.385. The number of carbonyl (C=O) groups excluding carboxylic acids is 1. The molecule has 1 rings (SSSR count). The van der Waals surface area contributed by atoms with E-state index in [1.54, 1.807) is 31.4 Å². The standard InChI is InChI=1S/C13H16N2O3/c1-10(8-17-2)18-9-13(16)15-12-5-3-4-11(6-12)7-14/h3-6,10H,8-9H2,1-2H3,(H,15,16). The molecule has 1 aromatic rings. The smallest absolute Gasteiger partial charge is 0.250 e. The average molecular weight is 248 g/mol. The minimum Gasteiger partial charge on any atom is -0.382 e. The number of carbonyl (C=O) groups is 1. The van der Waals surface area contributed by atoms with Gasteiger partial charge in [-0.3, -0.25) is 4.79 Å². The van der Waals surface area contributed by atoms with Crippen LogP contribution in [-0.2, 0) is 14.3 Å². The van der Waals surface area contributed by atoms with Crippen LogP contribution >= 0.6 is 0 Å². The monoisotopic (exact) mass is 248 g/mol. The van der Waals surface area contributed by atoms with Gasteiger partial charge in [0.25, 0.3) is 0 Å². The predicted molar refractivity (Wildman–Crippen MR) is 67.1 cm³/mol. The lowest BCUT2D eigenvalue weighted by atomic mass is 10.2. The van der Waals surface area contributed by atoms with E-state index in [1.807, 2.05) is 13.0 Å². The van der Waals surface area contributed by atoms with Gasteiger partial charge < -0.3 is 14.8 Å². The van der Waals surface area contributed by atoms with Crippen molar-refractivity contribution in [3.63, 3.8) is 0 Å². The van der Waals surface area contributed by atoms with Gasteiger partial charge in [0.15, 0.2) is 0 Å². The molecule has 0 fully saturated rings. The number of benzene rings is 1. The summed E-state index contributed by atoms with van der Waals surface area (Å²) >= 11 is 0. The molecule has 0 bridgehead atoms. The van der Waals surface area contributed by atoms with E-state index >= 15 is 0 Å². The minimum absolute atomic E-state index is 0.0404. The van der Waals surface area contributed by atoms with E-state index in [2.05, 4.69) is 5.32 Å². The Morgan fingerprint density at radius 1 is 1.56 bits per heavy atom. The Morgan fingerprint density at radius 2 is 2.33 bits per heavy atom. The van der Waals surface area contributed by atoms with Crippen LogP contribution in [0.2, 0.25) is 0 Å². The Hall–Kier alpha value is -1.90. The first-order valence-corrected chi connectivity index (χ1v) is 5.56. The van der Waals surface area contributed by atoms with Gasteiger partial charge in [0, 0.05) is 12.8 Å². The molecule has 5 heteroatoms. The van der Waals surface area contributed by atoms with Crippen LogP contribution in [0, 0.1) is 11.3 Å². The molecule has 1 atom stereocenters. The van der Waals surface area contributed by atoms with Gasteiger partial charge in [-0.25, -0.2) is 0 Å². The van der Waals surface area contributed by atoms with Crippen LogP contribution in [0.5, 0.6) is 0 Å². The summed E-state index contributed by atoms with van der Waals surface area (Å²) in [6.45, 7) is 2.23. The van der Waals surface area contributed by atoms with Crippen LogP contribution in [0.3, 0.4) is 0 Å². The number of nitrogens with zero attached hydrogens (tertiary/aromatic N) is 1. The fourth-order valence-corrected chi connectivity index (χ4v) is 1.36. The van der Waals surface area contributed by atoms with Crippen molar-refractivity contribution in [2.45, 2.75) is 13.0 Å². The van der Waals surface area contributed by atoms with Crippen molar-refractivity contribution in [3.05, 3.63) is 29.8 Å². The molecule has 0 aliphatic carbocycles. The summed E-state index contributed by atoms with van der Waals surface area (Å²) in [5.41, 5.74) is 1.09. The quantitative estimate of drug-likeness (QED) is 0.829. The Kier molecular flexibility index (Phi) is 5.85. The Bertz CT molecular complexity index is 440. The van der Waals surface area contributed by atoms with E-state index in [9.17, 15) is 4.79 Å². The molecule has 0 aliphatic rings. The molecule has 1 unspecified atom stereocenters. The molecule has 0 aliphatic heterocycles. The van der Waals surface area contributed by atoms with Gasteiger partial charge >= 0.3 is 0 Å². The first kappa shape index (κ1) is 14.2.